The minimum absolute atomic E-state index is 0.0201. The van der Waals surface area contributed by atoms with Gasteiger partial charge >= 0.3 is 0 Å². The van der Waals surface area contributed by atoms with Crippen LogP contribution in [0.3, 0.4) is 0 Å². The van der Waals surface area contributed by atoms with Crippen LogP contribution in [0.15, 0.2) is 16.6 Å². The van der Waals surface area contributed by atoms with Crippen molar-refractivity contribution in [1.29, 1.82) is 0 Å². The molecule has 0 radical (unpaired) electrons. The number of halogens is 3. The van der Waals surface area contributed by atoms with Gasteiger partial charge in [0, 0.05) is 12.0 Å². The molecule has 4 heteroatoms. The molecule has 0 aliphatic heterocycles. The first-order chi connectivity index (χ1) is 9.33. The Morgan fingerprint density at radius 2 is 2.05 bits per heavy atom. The summed E-state index contributed by atoms with van der Waals surface area (Å²) in [7, 11) is 0. The first kappa shape index (κ1) is 15.9. The minimum atomic E-state index is -0.705. The number of rotatable bonds is 3. The molecule has 0 saturated heterocycles. The van der Waals surface area contributed by atoms with Gasteiger partial charge in [0.25, 0.3) is 0 Å². The number of aliphatic hydroxyl groups excluding tert-OH is 1. The Balaban J connectivity index is 2.19. The average molecular weight is 347 g/mol. The summed E-state index contributed by atoms with van der Waals surface area (Å²) >= 11 is 3.07. The second kappa shape index (κ2) is 6.10. The monoisotopic (exact) mass is 346 g/mol. The minimum Gasteiger partial charge on any atom is -0.392 e. The quantitative estimate of drug-likeness (QED) is 0.775. The molecule has 112 valence electrons. The summed E-state index contributed by atoms with van der Waals surface area (Å²) < 4.78 is 28.0. The third-order valence-electron chi connectivity index (χ3n) is 4.61. The molecule has 1 saturated carbocycles. The van der Waals surface area contributed by atoms with Gasteiger partial charge in [0.05, 0.1) is 10.6 Å². The Kier molecular flexibility index (Phi) is 4.85. The summed E-state index contributed by atoms with van der Waals surface area (Å²) in [6.45, 7) is 4.27. The van der Waals surface area contributed by atoms with Crippen LogP contribution in [0.2, 0.25) is 0 Å². The lowest BCUT2D eigenvalue weighted by Gasteiger charge is -2.41. The van der Waals surface area contributed by atoms with Crippen LogP contribution < -0.4 is 0 Å². The Labute approximate surface area is 127 Å². The van der Waals surface area contributed by atoms with E-state index in [1.807, 2.05) is 0 Å². The second-order valence-corrected chi connectivity index (χ2v) is 7.29. The molecule has 0 amide bonds. The first-order valence-electron chi connectivity index (χ1n) is 7.13. The van der Waals surface area contributed by atoms with Crippen molar-refractivity contribution in [3.8, 4) is 0 Å². The van der Waals surface area contributed by atoms with Crippen molar-refractivity contribution in [2.75, 3.05) is 0 Å². The second-order valence-electron chi connectivity index (χ2n) is 6.43. The van der Waals surface area contributed by atoms with E-state index in [2.05, 4.69) is 29.8 Å². The predicted molar refractivity (Wildman–Crippen MR) is 79.5 cm³/mol. The smallest absolute Gasteiger partial charge is 0.143 e. The zero-order valence-electron chi connectivity index (χ0n) is 11.9. The van der Waals surface area contributed by atoms with Crippen molar-refractivity contribution in [3.05, 3.63) is 33.8 Å². The van der Waals surface area contributed by atoms with E-state index in [4.69, 9.17) is 0 Å². The largest absolute Gasteiger partial charge is 0.392 e. The van der Waals surface area contributed by atoms with Gasteiger partial charge in [0.15, 0.2) is 0 Å². The van der Waals surface area contributed by atoms with Crippen LogP contribution >= 0.6 is 15.9 Å². The summed E-state index contributed by atoms with van der Waals surface area (Å²) in [5, 5.41) is 10.5. The first-order valence-corrected chi connectivity index (χ1v) is 7.92. The SMILES string of the molecule is CC1(C)CCCCC1C(O)Cc1c(F)ccc(Br)c1F. The maximum Gasteiger partial charge on any atom is 0.143 e. The molecule has 1 aliphatic rings. The van der Waals surface area contributed by atoms with Gasteiger partial charge in [-0.05, 0) is 52.2 Å². The Hall–Kier alpha value is -0.480. The predicted octanol–water partition coefficient (Wildman–Crippen LogP) is 4.85. The fourth-order valence-corrected chi connectivity index (χ4v) is 3.71. The Morgan fingerprint density at radius 1 is 1.35 bits per heavy atom. The molecular formula is C16H21BrF2O. The third-order valence-corrected chi connectivity index (χ3v) is 5.22. The van der Waals surface area contributed by atoms with Crippen molar-refractivity contribution >= 4 is 15.9 Å². The van der Waals surface area contributed by atoms with Gasteiger partial charge in [-0.25, -0.2) is 8.78 Å². The van der Waals surface area contributed by atoms with Gasteiger partial charge in [-0.15, -0.1) is 0 Å². The summed E-state index contributed by atoms with van der Waals surface area (Å²) in [5.74, 6) is -1.09. The van der Waals surface area contributed by atoms with Crippen LogP contribution in [-0.2, 0) is 6.42 Å². The maximum absolute atomic E-state index is 14.0. The normalized spacial score (nSPS) is 23.6. The van der Waals surface area contributed by atoms with Gasteiger partial charge in [-0.2, -0.15) is 0 Å². The van der Waals surface area contributed by atoms with E-state index >= 15 is 0 Å². The molecule has 2 rings (SSSR count). The molecule has 1 aromatic rings. The van der Waals surface area contributed by atoms with Crippen molar-refractivity contribution < 1.29 is 13.9 Å². The standard InChI is InChI=1S/C16H21BrF2O/c1-16(2)8-4-3-5-11(16)14(20)9-10-13(18)7-6-12(17)15(10)19/h6-7,11,14,20H,3-5,8-9H2,1-2H3. The van der Waals surface area contributed by atoms with Gasteiger partial charge in [-0.3, -0.25) is 0 Å². The van der Waals surface area contributed by atoms with Crippen LogP contribution in [0, 0.1) is 23.0 Å². The molecule has 0 spiro atoms. The fourth-order valence-electron chi connectivity index (χ4n) is 3.34. The van der Waals surface area contributed by atoms with E-state index in [9.17, 15) is 13.9 Å². The summed E-state index contributed by atoms with van der Waals surface area (Å²) in [4.78, 5) is 0. The van der Waals surface area contributed by atoms with Gasteiger partial charge < -0.3 is 5.11 Å². The molecule has 2 atom stereocenters. The molecule has 1 aromatic carbocycles. The molecule has 20 heavy (non-hydrogen) atoms. The zero-order chi connectivity index (χ0) is 14.9. The Bertz CT molecular complexity index is 488. The summed E-state index contributed by atoms with van der Waals surface area (Å²) in [5.41, 5.74) is 0.00430. The van der Waals surface area contributed by atoms with Crippen molar-refractivity contribution in [2.24, 2.45) is 11.3 Å². The molecule has 1 nitrogen and oxygen atoms in total. The summed E-state index contributed by atoms with van der Waals surface area (Å²) in [6, 6.07) is 2.59. The van der Waals surface area contributed by atoms with Gasteiger partial charge in [0.1, 0.15) is 11.6 Å². The molecule has 1 N–H and O–H groups in total. The van der Waals surface area contributed by atoms with Crippen molar-refractivity contribution in [3.63, 3.8) is 0 Å². The van der Waals surface area contributed by atoms with E-state index < -0.39 is 17.7 Å². The van der Waals surface area contributed by atoms with E-state index in [1.165, 1.54) is 12.1 Å². The van der Waals surface area contributed by atoms with Crippen molar-refractivity contribution in [1.82, 2.24) is 0 Å². The molecule has 0 bridgehead atoms. The maximum atomic E-state index is 14.0. The van der Waals surface area contributed by atoms with Crippen LogP contribution in [-0.4, -0.2) is 11.2 Å². The van der Waals surface area contributed by atoms with Crippen LogP contribution in [0.25, 0.3) is 0 Å². The third kappa shape index (κ3) is 3.22. The molecule has 2 unspecified atom stereocenters. The average Bonchev–Trinajstić information content (AvgIpc) is 2.38. The number of aliphatic hydroxyl groups is 1. The molecular weight excluding hydrogens is 326 g/mol. The molecule has 0 heterocycles. The molecule has 0 aromatic heterocycles. The highest BCUT2D eigenvalue weighted by Crippen LogP contribution is 2.43. The highest BCUT2D eigenvalue weighted by Gasteiger charge is 2.37. The van der Waals surface area contributed by atoms with E-state index in [0.29, 0.717) is 0 Å². The molecule has 1 fully saturated rings. The van der Waals surface area contributed by atoms with E-state index in [1.54, 1.807) is 0 Å². The lowest BCUT2D eigenvalue weighted by atomic mass is 9.66. The van der Waals surface area contributed by atoms with Crippen LogP contribution in [0.1, 0.15) is 45.1 Å². The van der Waals surface area contributed by atoms with Gasteiger partial charge in [0.2, 0.25) is 0 Å². The highest BCUT2D eigenvalue weighted by atomic mass is 79.9. The Morgan fingerprint density at radius 3 is 2.70 bits per heavy atom. The van der Waals surface area contributed by atoms with Crippen LogP contribution in [0.4, 0.5) is 8.78 Å². The fraction of sp³-hybridized carbons (Fsp3) is 0.625. The van der Waals surface area contributed by atoms with E-state index in [-0.39, 0.29) is 27.8 Å². The zero-order valence-corrected chi connectivity index (χ0v) is 13.5. The summed E-state index contributed by atoms with van der Waals surface area (Å²) in [6.07, 6.45) is 3.54. The van der Waals surface area contributed by atoms with E-state index in [0.717, 1.165) is 25.7 Å². The van der Waals surface area contributed by atoms with Crippen molar-refractivity contribution in [2.45, 2.75) is 52.1 Å². The number of benzene rings is 1. The lowest BCUT2D eigenvalue weighted by Crippen LogP contribution is -2.38. The van der Waals surface area contributed by atoms with Crippen LogP contribution in [0.5, 0.6) is 0 Å². The number of hydrogen-bond donors (Lipinski definition) is 1. The number of hydrogen-bond acceptors (Lipinski definition) is 1. The highest BCUT2D eigenvalue weighted by molar-refractivity contribution is 9.10. The molecule has 1 aliphatic carbocycles. The topological polar surface area (TPSA) is 20.2 Å². The van der Waals surface area contributed by atoms with Gasteiger partial charge in [-0.1, -0.05) is 26.7 Å². The lowest BCUT2D eigenvalue weighted by molar-refractivity contribution is 0.00492.